The van der Waals surface area contributed by atoms with Crippen LogP contribution in [0.15, 0.2) is 61.1 Å². The summed E-state index contributed by atoms with van der Waals surface area (Å²) in [5.41, 5.74) is 2.17. The van der Waals surface area contributed by atoms with E-state index >= 15 is 0 Å². The van der Waals surface area contributed by atoms with E-state index in [1.54, 1.807) is 63.1 Å². The van der Waals surface area contributed by atoms with E-state index in [4.69, 9.17) is 9.47 Å². The van der Waals surface area contributed by atoms with Crippen LogP contribution in [0.4, 0.5) is 11.5 Å². The second-order valence-electron chi connectivity index (χ2n) is 5.66. The van der Waals surface area contributed by atoms with Gasteiger partial charge in [-0.3, -0.25) is 9.78 Å². The van der Waals surface area contributed by atoms with Crippen LogP contribution in [0.2, 0.25) is 0 Å². The number of rotatable bonds is 7. The van der Waals surface area contributed by atoms with Gasteiger partial charge in [0.05, 0.1) is 19.9 Å². The number of anilines is 2. The molecule has 1 amide bonds. The van der Waals surface area contributed by atoms with Gasteiger partial charge in [-0.2, -0.15) is 0 Å². The quantitative estimate of drug-likeness (QED) is 0.670. The molecule has 0 aliphatic carbocycles. The smallest absolute Gasteiger partial charge is 0.251 e. The van der Waals surface area contributed by atoms with Crippen LogP contribution >= 0.6 is 0 Å². The molecule has 1 aromatic carbocycles. The largest absolute Gasteiger partial charge is 0.497 e. The minimum atomic E-state index is -0.185. The number of ether oxygens (including phenoxy) is 2. The highest BCUT2D eigenvalue weighted by Gasteiger charge is 2.10. The number of carbonyl (C=O) groups is 1. The lowest BCUT2D eigenvalue weighted by atomic mass is 10.2. The number of nitrogens with zero attached hydrogens (tertiary/aromatic N) is 2. The van der Waals surface area contributed by atoms with Gasteiger partial charge in [-0.25, -0.2) is 4.98 Å². The van der Waals surface area contributed by atoms with Crippen molar-refractivity contribution < 1.29 is 14.3 Å². The fourth-order valence-corrected chi connectivity index (χ4v) is 2.47. The van der Waals surface area contributed by atoms with E-state index in [9.17, 15) is 4.79 Å². The van der Waals surface area contributed by atoms with E-state index in [0.717, 1.165) is 5.56 Å². The zero-order valence-electron chi connectivity index (χ0n) is 15.1. The molecule has 0 saturated heterocycles. The van der Waals surface area contributed by atoms with Crippen molar-refractivity contribution in [1.29, 1.82) is 0 Å². The van der Waals surface area contributed by atoms with Gasteiger partial charge in [-0.1, -0.05) is 0 Å². The Labute approximate surface area is 157 Å². The Balaban J connectivity index is 1.73. The molecule has 2 N–H and O–H groups in total. The number of pyridine rings is 2. The molecule has 0 spiro atoms. The lowest BCUT2D eigenvalue weighted by Gasteiger charge is -2.13. The van der Waals surface area contributed by atoms with Gasteiger partial charge in [0.2, 0.25) is 0 Å². The molecule has 3 aromatic rings. The maximum atomic E-state index is 12.4. The molecule has 3 rings (SSSR count). The van der Waals surface area contributed by atoms with Gasteiger partial charge in [0, 0.05) is 36.8 Å². The Kier molecular flexibility index (Phi) is 5.84. The number of aromatic nitrogens is 2. The maximum Gasteiger partial charge on any atom is 0.251 e. The topological polar surface area (TPSA) is 85.4 Å². The molecule has 0 radical (unpaired) electrons. The predicted octanol–water partition coefficient (Wildman–Crippen LogP) is 3.17. The van der Waals surface area contributed by atoms with Crippen molar-refractivity contribution in [2.24, 2.45) is 0 Å². The van der Waals surface area contributed by atoms with Gasteiger partial charge >= 0.3 is 0 Å². The summed E-state index contributed by atoms with van der Waals surface area (Å²) in [5, 5.41) is 6.04. The minimum absolute atomic E-state index is 0.185. The predicted molar refractivity (Wildman–Crippen MR) is 102 cm³/mol. The Bertz CT molecular complexity index is 916. The lowest BCUT2D eigenvalue weighted by molar-refractivity contribution is 0.0951. The van der Waals surface area contributed by atoms with Crippen molar-refractivity contribution in [3.63, 3.8) is 0 Å². The molecular weight excluding hydrogens is 344 g/mol. The van der Waals surface area contributed by atoms with Crippen molar-refractivity contribution in [3.05, 3.63) is 72.2 Å². The number of benzene rings is 1. The molecule has 7 heteroatoms. The highest BCUT2D eigenvalue weighted by molar-refractivity contribution is 5.94. The Morgan fingerprint density at radius 1 is 1.00 bits per heavy atom. The minimum Gasteiger partial charge on any atom is -0.497 e. The molecule has 2 heterocycles. The van der Waals surface area contributed by atoms with Crippen LogP contribution in [-0.4, -0.2) is 30.1 Å². The molecular formula is C20H20N4O3. The maximum absolute atomic E-state index is 12.4. The van der Waals surface area contributed by atoms with Crippen LogP contribution in [0.3, 0.4) is 0 Å². The van der Waals surface area contributed by atoms with Crippen LogP contribution < -0.4 is 20.1 Å². The van der Waals surface area contributed by atoms with Crippen LogP contribution in [0.1, 0.15) is 15.9 Å². The third kappa shape index (κ3) is 4.72. The Morgan fingerprint density at radius 2 is 1.81 bits per heavy atom. The van der Waals surface area contributed by atoms with Crippen LogP contribution in [0.5, 0.6) is 11.5 Å². The van der Waals surface area contributed by atoms with Gasteiger partial charge in [0.25, 0.3) is 5.91 Å². The summed E-state index contributed by atoms with van der Waals surface area (Å²) in [7, 11) is 3.18. The number of hydrogen-bond acceptors (Lipinski definition) is 6. The average molecular weight is 364 g/mol. The van der Waals surface area contributed by atoms with E-state index in [0.29, 0.717) is 35.1 Å². The molecule has 0 aliphatic rings. The summed E-state index contributed by atoms with van der Waals surface area (Å²) in [5.74, 6) is 1.67. The number of carbonyl (C=O) groups excluding carboxylic acids is 1. The second kappa shape index (κ2) is 8.66. The molecule has 0 bridgehead atoms. The van der Waals surface area contributed by atoms with Gasteiger partial charge in [0.1, 0.15) is 17.3 Å². The molecule has 2 aromatic heterocycles. The number of methoxy groups -OCH3 is 2. The number of amides is 1. The van der Waals surface area contributed by atoms with E-state index in [1.165, 1.54) is 0 Å². The first kappa shape index (κ1) is 18.2. The van der Waals surface area contributed by atoms with E-state index in [-0.39, 0.29) is 5.91 Å². The molecule has 0 atom stereocenters. The molecule has 0 unspecified atom stereocenters. The first-order valence-electron chi connectivity index (χ1n) is 8.32. The van der Waals surface area contributed by atoms with Crippen molar-refractivity contribution in [2.45, 2.75) is 6.54 Å². The summed E-state index contributed by atoms with van der Waals surface area (Å²) in [6.45, 7) is 0.427. The van der Waals surface area contributed by atoms with Gasteiger partial charge in [-0.05, 0) is 42.0 Å². The molecule has 0 fully saturated rings. The van der Waals surface area contributed by atoms with Crippen molar-refractivity contribution in [1.82, 2.24) is 15.3 Å². The highest BCUT2D eigenvalue weighted by atomic mass is 16.5. The average Bonchev–Trinajstić information content (AvgIpc) is 2.73. The SMILES string of the molecule is COc1ccc(OC)c(Nc2cc(C(=O)NCc3ccncc3)ccn2)c1. The number of nitrogens with one attached hydrogen (secondary N) is 2. The summed E-state index contributed by atoms with van der Waals surface area (Å²) in [6.07, 6.45) is 4.96. The third-order valence-electron chi connectivity index (χ3n) is 3.89. The van der Waals surface area contributed by atoms with E-state index in [1.807, 2.05) is 12.1 Å². The number of hydrogen-bond donors (Lipinski definition) is 2. The third-order valence-corrected chi connectivity index (χ3v) is 3.89. The Hall–Kier alpha value is -3.61. The fourth-order valence-electron chi connectivity index (χ4n) is 2.47. The van der Waals surface area contributed by atoms with Crippen molar-refractivity contribution in [3.8, 4) is 11.5 Å². The molecule has 0 saturated carbocycles. The van der Waals surface area contributed by atoms with Crippen LogP contribution in [0, 0.1) is 0 Å². The first-order chi connectivity index (χ1) is 13.2. The highest BCUT2D eigenvalue weighted by Crippen LogP contribution is 2.31. The van der Waals surface area contributed by atoms with Crippen LogP contribution in [0.25, 0.3) is 0 Å². The van der Waals surface area contributed by atoms with Gasteiger partial charge in [-0.15, -0.1) is 0 Å². The summed E-state index contributed by atoms with van der Waals surface area (Å²) in [4.78, 5) is 20.6. The first-order valence-corrected chi connectivity index (χ1v) is 8.32. The molecule has 0 aliphatic heterocycles. The second-order valence-corrected chi connectivity index (χ2v) is 5.66. The van der Waals surface area contributed by atoms with Crippen molar-refractivity contribution >= 4 is 17.4 Å². The summed E-state index contributed by atoms with van der Waals surface area (Å²) in [6, 6.07) is 12.5. The Morgan fingerprint density at radius 3 is 2.56 bits per heavy atom. The standard InChI is InChI=1S/C20H20N4O3/c1-26-16-3-4-18(27-2)17(12-16)24-19-11-15(7-10-22-19)20(25)23-13-14-5-8-21-9-6-14/h3-12H,13H2,1-2H3,(H,22,24)(H,23,25). The fraction of sp³-hybridized carbons (Fsp3) is 0.150. The monoisotopic (exact) mass is 364 g/mol. The van der Waals surface area contributed by atoms with Crippen molar-refractivity contribution in [2.75, 3.05) is 19.5 Å². The molecule has 7 nitrogen and oxygen atoms in total. The summed E-state index contributed by atoms with van der Waals surface area (Å²) < 4.78 is 10.6. The van der Waals surface area contributed by atoms with Crippen LogP contribution in [-0.2, 0) is 6.54 Å². The van der Waals surface area contributed by atoms with E-state index < -0.39 is 0 Å². The lowest BCUT2D eigenvalue weighted by Crippen LogP contribution is -2.22. The molecule has 138 valence electrons. The summed E-state index contributed by atoms with van der Waals surface area (Å²) >= 11 is 0. The zero-order chi connectivity index (χ0) is 19.1. The zero-order valence-corrected chi connectivity index (χ0v) is 15.1. The normalized spacial score (nSPS) is 10.1. The van der Waals surface area contributed by atoms with E-state index in [2.05, 4.69) is 20.6 Å². The van der Waals surface area contributed by atoms with Gasteiger partial charge in [0.15, 0.2) is 0 Å². The van der Waals surface area contributed by atoms with Gasteiger partial charge < -0.3 is 20.1 Å². The molecule has 27 heavy (non-hydrogen) atoms.